The maximum Gasteiger partial charge on any atom is 0.441 e. The molecular weight excluding hydrogens is 406 g/mol. The molecule has 0 bridgehead atoms. The SMILES string of the molecule is COC(=O)c1cccc2c(NC3(C(=O)NC4C(=O)COC4C)CCCC3)nc(=O)oc12. The van der Waals surface area contributed by atoms with Crippen LogP contribution >= 0.6 is 0 Å². The van der Waals surface area contributed by atoms with Crippen LogP contribution in [-0.2, 0) is 19.1 Å². The number of methoxy groups -OCH3 is 1. The van der Waals surface area contributed by atoms with Gasteiger partial charge >= 0.3 is 11.7 Å². The Kier molecular flexibility index (Phi) is 5.48. The number of ether oxygens (including phenoxy) is 2. The van der Waals surface area contributed by atoms with E-state index >= 15 is 0 Å². The van der Waals surface area contributed by atoms with Gasteiger partial charge in [-0.25, -0.2) is 9.59 Å². The highest BCUT2D eigenvalue weighted by molar-refractivity contribution is 6.05. The Balaban J connectivity index is 1.72. The minimum atomic E-state index is -1.06. The molecule has 2 aromatic rings. The number of nitrogens with zero attached hydrogens (tertiary/aromatic N) is 1. The molecule has 31 heavy (non-hydrogen) atoms. The Morgan fingerprint density at radius 1 is 1.23 bits per heavy atom. The van der Waals surface area contributed by atoms with E-state index in [0.29, 0.717) is 18.2 Å². The first-order valence-corrected chi connectivity index (χ1v) is 10.1. The minimum absolute atomic E-state index is 0.0263. The van der Waals surface area contributed by atoms with Gasteiger partial charge in [-0.1, -0.05) is 18.9 Å². The topological polar surface area (TPSA) is 137 Å². The van der Waals surface area contributed by atoms with Crippen LogP contribution in [0.1, 0.15) is 43.0 Å². The van der Waals surface area contributed by atoms with Gasteiger partial charge in [0.15, 0.2) is 11.4 Å². The van der Waals surface area contributed by atoms with E-state index in [0.717, 1.165) is 12.8 Å². The molecular formula is C21H23N3O7. The molecule has 1 aromatic carbocycles. The number of Topliss-reactive ketones (excluding diaryl/α,β-unsaturated/α-hetero) is 1. The standard InChI is InChI=1S/C21H23N3O7/c1-11-15(14(25)10-30-11)22-19(27)21(8-3-4-9-21)24-17-12-6-5-7-13(18(26)29-2)16(12)31-20(28)23-17/h5-7,11,15H,3-4,8-10H2,1-2H3,(H,22,27)(H,23,24,28). The molecule has 4 rings (SSSR count). The number of nitrogens with one attached hydrogen (secondary N) is 2. The van der Waals surface area contributed by atoms with Gasteiger partial charge in [0.1, 0.15) is 29.6 Å². The second kappa shape index (κ2) is 8.10. The van der Waals surface area contributed by atoms with Gasteiger partial charge in [-0.3, -0.25) is 9.59 Å². The van der Waals surface area contributed by atoms with Crippen molar-refractivity contribution in [3.05, 3.63) is 34.3 Å². The van der Waals surface area contributed by atoms with E-state index in [1.54, 1.807) is 19.1 Å². The Hall–Kier alpha value is -3.27. The van der Waals surface area contributed by atoms with Crippen molar-refractivity contribution in [1.29, 1.82) is 0 Å². The first-order chi connectivity index (χ1) is 14.8. The van der Waals surface area contributed by atoms with Crippen LogP contribution in [0.4, 0.5) is 5.82 Å². The summed E-state index contributed by atoms with van der Waals surface area (Å²) in [6.45, 7) is 1.70. The van der Waals surface area contributed by atoms with Gasteiger partial charge in [0.05, 0.1) is 18.6 Å². The van der Waals surface area contributed by atoms with Gasteiger partial charge in [0.2, 0.25) is 5.91 Å². The van der Waals surface area contributed by atoms with Gasteiger partial charge in [-0.15, -0.1) is 0 Å². The van der Waals surface area contributed by atoms with Crippen molar-refractivity contribution in [1.82, 2.24) is 10.3 Å². The van der Waals surface area contributed by atoms with Crippen molar-refractivity contribution in [3.8, 4) is 0 Å². The van der Waals surface area contributed by atoms with E-state index in [4.69, 9.17) is 13.9 Å². The number of esters is 1. The summed E-state index contributed by atoms with van der Waals surface area (Å²) in [5, 5.41) is 6.31. The lowest BCUT2D eigenvalue weighted by atomic mass is 9.94. The predicted molar refractivity (Wildman–Crippen MR) is 109 cm³/mol. The monoisotopic (exact) mass is 429 g/mol. The summed E-state index contributed by atoms with van der Waals surface area (Å²) in [5.74, 6) is -1.97. The Morgan fingerprint density at radius 3 is 2.61 bits per heavy atom. The average molecular weight is 429 g/mol. The van der Waals surface area contributed by atoms with E-state index in [9.17, 15) is 19.2 Å². The van der Waals surface area contributed by atoms with Gasteiger partial charge in [0, 0.05) is 0 Å². The summed E-state index contributed by atoms with van der Waals surface area (Å²) in [5.41, 5.74) is -0.953. The number of carbonyl (C=O) groups excluding carboxylic acids is 3. The number of benzene rings is 1. The number of ketones is 1. The zero-order valence-corrected chi connectivity index (χ0v) is 17.2. The number of fused-ring (bicyclic) bond motifs is 1. The third kappa shape index (κ3) is 3.78. The fourth-order valence-electron chi connectivity index (χ4n) is 4.21. The van der Waals surface area contributed by atoms with Crippen LogP contribution in [-0.4, -0.2) is 54.0 Å². The molecule has 2 fully saturated rings. The number of amides is 1. The first-order valence-electron chi connectivity index (χ1n) is 10.1. The summed E-state index contributed by atoms with van der Waals surface area (Å²) in [6.07, 6.45) is 2.15. The number of anilines is 1. The van der Waals surface area contributed by atoms with Crippen molar-refractivity contribution in [2.24, 2.45) is 0 Å². The van der Waals surface area contributed by atoms with Crippen LogP contribution in [0.3, 0.4) is 0 Å². The summed E-state index contributed by atoms with van der Waals surface area (Å²) < 4.78 is 15.3. The number of aromatic nitrogens is 1. The number of hydrogen-bond acceptors (Lipinski definition) is 9. The summed E-state index contributed by atoms with van der Waals surface area (Å²) in [4.78, 5) is 53.5. The molecule has 0 spiro atoms. The Labute approximate surface area is 177 Å². The third-order valence-electron chi connectivity index (χ3n) is 5.91. The predicted octanol–water partition coefficient (Wildman–Crippen LogP) is 1.17. The molecule has 10 heteroatoms. The third-order valence-corrected chi connectivity index (χ3v) is 5.91. The maximum absolute atomic E-state index is 13.3. The zero-order valence-electron chi connectivity index (χ0n) is 17.2. The highest BCUT2D eigenvalue weighted by Crippen LogP contribution is 2.35. The molecule has 1 aromatic heterocycles. The van der Waals surface area contributed by atoms with Gasteiger partial charge in [-0.2, -0.15) is 4.98 Å². The number of carbonyl (C=O) groups is 3. The van der Waals surface area contributed by atoms with Gasteiger partial charge in [0.25, 0.3) is 0 Å². The maximum atomic E-state index is 13.3. The van der Waals surface area contributed by atoms with Crippen molar-refractivity contribution < 1.29 is 28.3 Å². The van der Waals surface area contributed by atoms with Crippen LogP contribution in [0.5, 0.6) is 0 Å². The second-order valence-corrected chi connectivity index (χ2v) is 7.85. The molecule has 2 atom stereocenters. The highest BCUT2D eigenvalue weighted by Gasteiger charge is 2.45. The molecule has 10 nitrogen and oxygen atoms in total. The van der Waals surface area contributed by atoms with E-state index in [1.807, 2.05) is 0 Å². The minimum Gasteiger partial charge on any atom is -0.465 e. The Bertz CT molecular complexity index is 1100. The first kappa shape index (κ1) is 21.0. The van der Waals surface area contributed by atoms with Crippen LogP contribution in [0.25, 0.3) is 11.0 Å². The molecule has 2 heterocycles. The van der Waals surface area contributed by atoms with Crippen LogP contribution < -0.4 is 16.4 Å². The zero-order chi connectivity index (χ0) is 22.2. The molecule has 1 amide bonds. The molecule has 0 radical (unpaired) electrons. The van der Waals surface area contributed by atoms with Crippen LogP contribution in [0, 0.1) is 0 Å². The summed E-state index contributed by atoms with van der Waals surface area (Å²) >= 11 is 0. The van der Waals surface area contributed by atoms with Crippen molar-refractivity contribution >= 4 is 34.4 Å². The van der Waals surface area contributed by atoms with Crippen LogP contribution in [0.2, 0.25) is 0 Å². The van der Waals surface area contributed by atoms with E-state index < -0.39 is 29.4 Å². The van der Waals surface area contributed by atoms with Gasteiger partial charge in [-0.05, 0) is 31.9 Å². The second-order valence-electron chi connectivity index (χ2n) is 7.85. The summed E-state index contributed by atoms with van der Waals surface area (Å²) in [6, 6.07) is 4.01. The molecule has 2 N–H and O–H groups in total. The quantitative estimate of drug-likeness (QED) is 0.671. The molecule has 2 aliphatic rings. The summed E-state index contributed by atoms with van der Waals surface area (Å²) in [7, 11) is 1.23. The van der Waals surface area contributed by atoms with Crippen LogP contribution in [0.15, 0.2) is 27.4 Å². The molecule has 2 unspecified atom stereocenters. The number of rotatable bonds is 5. The lowest BCUT2D eigenvalue weighted by molar-refractivity contribution is -0.129. The smallest absolute Gasteiger partial charge is 0.441 e. The lowest BCUT2D eigenvalue weighted by Gasteiger charge is -2.31. The highest BCUT2D eigenvalue weighted by atomic mass is 16.5. The van der Waals surface area contributed by atoms with Crippen molar-refractivity contribution in [2.75, 3.05) is 19.0 Å². The van der Waals surface area contributed by atoms with Crippen molar-refractivity contribution in [3.63, 3.8) is 0 Å². The van der Waals surface area contributed by atoms with E-state index in [2.05, 4.69) is 15.6 Å². The van der Waals surface area contributed by atoms with E-state index in [1.165, 1.54) is 13.2 Å². The lowest BCUT2D eigenvalue weighted by Crippen LogP contribution is -2.56. The molecule has 164 valence electrons. The van der Waals surface area contributed by atoms with Crippen molar-refractivity contribution in [2.45, 2.75) is 50.3 Å². The van der Waals surface area contributed by atoms with Gasteiger partial charge < -0.3 is 24.5 Å². The molecule has 1 saturated heterocycles. The fraction of sp³-hybridized carbons (Fsp3) is 0.476. The average Bonchev–Trinajstić information content (AvgIpc) is 3.35. The molecule has 1 saturated carbocycles. The Morgan fingerprint density at radius 2 is 1.97 bits per heavy atom. The van der Waals surface area contributed by atoms with E-state index in [-0.39, 0.29) is 35.3 Å². The number of para-hydroxylation sites is 1. The molecule has 1 aliphatic carbocycles. The number of hydrogen-bond donors (Lipinski definition) is 2. The normalized spacial score (nSPS) is 22.5. The molecule has 1 aliphatic heterocycles. The largest absolute Gasteiger partial charge is 0.465 e. The fourth-order valence-corrected chi connectivity index (χ4v) is 4.21.